The Morgan fingerprint density at radius 2 is 1.85 bits per heavy atom. The van der Waals surface area contributed by atoms with Gasteiger partial charge in [0.05, 0.1) is 11.7 Å². The van der Waals surface area contributed by atoms with Crippen molar-refractivity contribution in [2.45, 2.75) is 13.0 Å². The highest BCUT2D eigenvalue weighted by Crippen LogP contribution is 2.34. The number of para-hydroxylation sites is 1. The molecular formula is C20H17N3O4. The Bertz CT molecular complexity index is 1050. The number of carbonyl (C=O) groups is 1. The molecule has 1 aliphatic heterocycles. The fraction of sp³-hybridized carbons (Fsp3) is 0.150. The van der Waals surface area contributed by atoms with E-state index in [1.807, 2.05) is 31.2 Å². The summed E-state index contributed by atoms with van der Waals surface area (Å²) in [7, 11) is 0. The van der Waals surface area contributed by atoms with E-state index in [2.05, 4.69) is 10.4 Å². The Labute approximate surface area is 155 Å². The van der Waals surface area contributed by atoms with Crippen LogP contribution in [0.5, 0.6) is 11.5 Å². The van der Waals surface area contributed by atoms with Crippen molar-refractivity contribution in [3.05, 3.63) is 82.3 Å². The van der Waals surface area contributed by atoms with Crippen LogP contribution in [0, 0.1) is 0 Å². The van der Waals surface area contributed by atoms with E-state index in [-0.39, 0.29) is 30.0 Å². The van der Waals surface area contributed by atoms with Gasteiger partial charge in [0.25, 0.3) is 11.5 Å². The van der Waals surface area contributed by atoms with E-state index in [1.54, 1.807) is 24.3 Å². The first kappa shape index (κ1) is 16.8. The van der Waals surface area contributed by atoms with Crippen molar-refractivity contribution in [3.8, 4) is 17.2 Å². The fourth-order valence-electron chi connectivity index (χ4n) is 2.82. The van der Waals surface area contributed by atoms with Crippen molar-refractivity contribution in [1.29, 1.82) is 0 Å². The molecule has 4 rings (SSSR count). The number of fused-ring (bicyclic) bond motifs is 1. The average molecular weight is 363 g/mol. The molecule has 1 atom stereocenters. The van der Waals surface area contributed by atoms with Gasteiger partial charge in [0.2, 0.25) is 6.79 Å². The minimum absolute atomic E-state index is 0.158. The first-order chi connectivity index (χ1) is 13.1. The van der Waals surface area contributed by atoms with Crippen LogP contribution in [0.15, 0.2) is 65.5 Å². The van der Waals surface area contributed by atoms with Gasteiger partial charge in [-0.15, -0.1) is 0 Å². The molecule has 7 heteroatoms. The summed E-state index contributed by atoms with van der Waals surface area (Å²) in [5.74, 6) is 0.975. The zero-order valence-electron chi connectivity index (χ0n) is 14.6. The van der Waals surface area contributed by atoms with Crippen molar-refractivity contribution >= 4 is 5.91 Å². The van der Waals surface area contributed by atoms with Crippen LogP contribution in [-0.4, -0.2) is 22.5 Å². The summed E-state index contributed by atoms with van der Waals surface area (Å²) in [6.07, 6.45) is 0. The maximum absolute atomic E-state index is 12.6. The third-order valence-electron chi connectivity index (χ3n) is 4.28. The van der Waals surface area contributed by atoms with Crippen LogP contribution < -0.4 is 20.3 Å². The molecule has 1 aromatic heterocycles. The van der Waals surface area contributed by atoms with Crippen LogP contribution in [0.1, 0.15) is 29.0 Å². The van der Waals surface area contributed by atoms with Gasteiger partial charge in [-0.1, -0.05) is 24.3 Å². The van der Waals surface area contributed by atoms with E-state index in [4.69, 9.17) is 9.47 Å². The largest absolute Gasteiger partial charge is 0.454 e. The third-order valence-corrected chi connectivity index (χ3v) is 4.28. The van der Waals surface area contributed by atoms with E-state index >= 15 is 0 Å². The van der Waals surface area contributed by atoms with E-state index in [1.165, 1.54) is 16.8 Å². The lowest BCUT2D eigenvalue weighted by Gasteiger charge is -2.15. The second-order valence-corrected chi connectivity index (χ2v) is 6.11. The van der Waals surface area contributed by atoms with Crippen LogP contribution in [0.4, 0.5) is 0 Å². The van der Waals surface area contributed by atoms with Gasteiger partial charge in [-0.05, 0) is 42.8 Å². The highest BCUT2D eigenvalue weighted by molar-refractivity contribution is 5.92. The minimum atomic E-state index is -0.371. The van der Waals surface area contributed by atoms with Crippen LogP contribution in [0.2, 0.25) is 0 Å². The van der Waals surface area contributed by atoms with Gasteiger partial charge in [-0.3, -0.25) is 9.59 Å². The van der Waals surface area contributed by atoms with Crippen LogP contribution >= 0.6 is 0 Å². The Morgan fingerprint density at radius 3 is 2.67 bits per heavy atom. The molecule has 0 spiro atoms. The molecule has 0 bridgehead atoms. The second-order valence-electron chi connectivity index (χ2n) is 6.11. The smallest absolute Gasteiger partial charge is 0.272 e. The lowest BCUT2D eigenvalue weighted by atomic mass is 10.1. The zero-order valence-corrected chi connectivity index (χ0v) is 14.6. The molecule has 2 aromatic carbocycles. The number of aromatic nitrogens is 2. The quantitative estimate of drug-likeness (QED) is 0.770. The lowest BCUT2D eigenvalue weighted by Crippen LogP contribution is -2.30. The molecule has 0 radical (unpaired) electrons. The minimum Gasteiger partial charge on any atom is -0.454 e. The first-order valence-corrected chi connectivity index (χ1v) is 8.48. The van der Waals surface area contributed by atoms with Crippen molar-refractivity contribution in [3.63, 3.8) is 0 Å². The molecule has 0 fully saturated rings. The molecule has 1 unspecified atom stereocenters. The predicted octanol–water partition coefficient (Wildman–Crippen LogP) is 2.45. The van der Waals surface area contributed by atoms with E-state index in [9.17, 15) is 9.59 Å². The fourth-order valence-corrected chi connectivity index (χ4v) is 2.82. The Kier molecular flexibility index (Phi) is 4.33. The number of ether oxygens (including phenoxy) is 2. The van der Waals surface area contributed by atoms with E-state index < -0.39 is 0 Å². The molecule has 2 heterocycles. The average Bonchev–Trinajstić information content (AvgIpc) is 3.16. The van der Waals surface area contributed by atoms with Crippen LogP contribution in [0.25, 0.3) is 5.69 Å². The Hall–Kier alpha value is -3.61. The molecular weight excluding hydrogens is 346 g/mol. The lowest BCUT2D eigenvalue weighted by molar-refractivity contribution is 0.0933. The van der Waals surface area contributed by atoms with Gasteiger partial charge in [-0.2, -0.15) is 9.78 Å². The number of hydrogen-bond donors (Lipinski definition) is 1. The molecule has 27 heavy (non-hydrogen) atoms. The van der Waals surface area contributed by atoms with Crippen molar-refractivity contribution < 1.29 is 14.3 Å². The number of hydrogen-bond acceptors (Lipinski definition) is 5. The summed E-state index contributed by atoms with van der Waals surface area (Å²) in [6, 6.07) is 17.0. The molecule has 1 N–H and O–H groups in total. The van der Waals surface area contributed by atoms with Crippen molar-refractivity contribution in [2.24, 2.45) is 0 Å². The van der Waals surface area contributed by atoms with Gasteiger partial charge in [0.15, 0.2) is 11.5 Å². The summed E-state index contributed by atoms with van der Waals surface area (Å²) in [6.45, 7) is 2.06. The molecule has 136 valence electrons. The summed E-state index contributed by atoms with van der Waals surface area (Å²) in [5.41, 5.74) is 1.33. The summed E-state index contributed by atoms with van der Waals surface area (Å²) < 4.78 is 11.9. The standard InChI is InChI=1S/C20H17N3O4/c1-13(14-7-9-17-18(11-14)27-12-26-17)21-20(25)16-8-10-19(24)23(22-16)15-5-3-2-4-6-15/h2-11,13H,12H2,1H3,(H,21,25). The molecule has 0 saturated carbocycles. The highest BCUT2D eigenvalue weighted by atomic mass is 16.7. The number of rotatable bonds is 4. The number of carbonyl (C=O) groups excluding carboxylic acids is 1. The van der Waals surface area contributed by atoms with Gasteiger partial charge < -0.3 is 14.8 Å². The van der Waals surface area contributed by atoms with Gasteiger partial charge in [0, 0.05) is 6.07 Å². The first-order valence-electron chi connectivity index (χ1n) is 8.48. The SMILES string of the molecule is CC(NC(=O)c1ccc(=O)n(-c2ccccc2)n1)c1ccc2c(c1)OCO2. The van der Waals surface area contributed by atoms with Crippen molar-refractivity contribution in [1.82, 2.24) is 15.1 Å². The third kappa shape index (κ3) is 3.39. The molecule has 1 amide bonds. The number of nitrogens with one attached hydrogen (secondary N) is 1. The van der Waals surface area contributed by atoms with Crippen LogP contribution in [-0.2, 0) is 0 Å². The zero-order chi connectivity index (χ0) is 18.8. The Morgan fingerprint density at radius 1 is 1.07 bits per heavy atom. The monoisotopic (exact) mass is 363 g/mol. The van der Waals surface area contributed by atoms with Gasteiger partial charge in [-0.25, -0.2) is 0 Å². The predicted molar refractivity (Wildman–Crippen MR) is 98.3 cm³/mol. The number of amides is 1. The second kappa shape index (κ2) is 6.95. The number of benzene rings is 2. The number of nitrogens with zero attached hydrogens (tertiary/aromatic N) is 2. The maximum atomic E-state index is 12.6. The summed E-state index contributed by atoms with van der Waals surface area (Å²) in [5, 5.41) is 7.08. The van der Waals surface area contributed by atoms with Crippen LogP contribution in [0.3, 0.4) is 0 Å². The maximum Gasteiger partial charge on any atom is 0.272 e. The van der Waals surface area contributed by atoms with E-state index in [0.717, 1.165) is 5.56 Å². The topological polar surface area (TPSA) is 82.5 Å². The summed E-state index contributed by atoms with van der Waals surface area (Å²) in [4.78, 5) is 24.7. The van der Waals surface area contributed by atoms with Gasteiger partial charge >= 0.3 is 0 Å². The highest BCUT2D eigenvalue weighted by Gasteiger charge is 2.18. The molecule has 1 aliphatic rings. The van der Waals surface area contributed by atoms with Crippen molar-refractivity contribution in [2.75, 3.05) is 6.79 Å². The molecule has 0 saturated heterocycles. The van der Waals surface area contributed by atoms with E-state index in [0.29, 0.717) is 17.2 Å². The molecule has 3 aromatic rings. The summed E-state index contributed by atoms with van der Waals surface area (Å²) >= 11 is 0. The van der Waals surface area contributed by atoms with Gasteiger partial charge in [0.1, 0.15) is 5.69 Å². The molecule has 0 aliphatic carbocycles. The molecule has 7 nitrogen and oxygen atoms in total. The normalized spacial score (nSPS) is 13.2. The Balaban J connectivity index is 1.55.